The van der Waals surface area contributed by atoms with Crippen molar-refractivity contribution in [3.8, 4) is 0 Å². The SMILES string of the molecule is Cc1ccc(CNc2ccc(NS(C)(=O)=O)cc2)o1. The summed E-state index contributed by atoms with van der Waals surface area (Å²) in [6.07, 6.45) is 1.12. The lowest BCUT2D eigenvalue weighted by atomic mass is 10.3. The summed E-state index contributed by atoms with van der Waals surface area (Å²) in [6.45, 7) is 2.49. The highest BCUT2D eigenvalue weighted by atomic mass is 32.2. The Labute approximate surface area is 112 Å². The van der Waals surface area contributed by atoms with E-state index in [0.29, 0.717) is 12.2 Å². The first kappa shape index (κ1) is 13.5. The number of sulfonamides is 1. The van der Waals surface area contributed by atoms with Gasteiger partial charge in [0, 0.05) is 11.4 Å². The lowest BCUT2D eigenvalue weighted by molar-refractivity contribution is 0.490. The zero-order chi connectivity index (χ0) is 13.9. The summed E-state index contributed by atoms with van der Waals surface area (Å²) in [5.41, 5.74) is 1.44. The Morgan fingerprint density at radius 1 is 1.05 bits per heavy atom. The molecule has 2 rings (SSSR count). The first-order valence-electron chi connectivity index (χ1n) is 5.79. The van der Waals surface area contributed by atoms with Crippen molar-refractivity contribution in [3.63, 3.8) is 0 Å². The smallest absolute Gasteiger partial charge is 0.229 e. The van der Waals surface area contributed by atoms with E-state index in [1.54, 1.807) is 12.1 Å². The Kier molecular flexibility index (Phi) is 3.80. The van der Waals surface area contributed by atoms with Crippen LogP contribution in [-0.4, -0.2) is 14.7 Å². The monoisotopic (exact) mass is 280 g/mol. The summed E-state index contributed by atoms with van der Waals surface area (Å²) < 4.78 is 30.0. The number of hydrogen-bond donors (Lipinski definition) is 2. The maximum atomic E-state index is 11.1. The molecule has 0 saturated carbocycles. The van der Waals surface area contributed by atoms with Gasteiger partial charge in [0.05, 0.1) is 12.8 Å². The first-order chi connectivity index (χ1) is 8.92. The number of aryl methyl sites for hydroxylation is 1. The van der Waals surface area contributed by atoms with Gasteiger partial charge in [-0.05, 0) is 43.3 Å². The summed E-state index contributed by atoms with van der Waals surface area (Å²) in [7, 11) is -3.23. The van der Waals surface area contributed by atoms with Crippen LogP contribution in [0.1, 0.15) is 11.5 Å². The van der Waals surface area contributed by atoms with Gasteiger partial charge in [0.1, 0.15) is 11.5 Å². The third-order valence-electron chi connectivity index (χ3n) is 2.45. The van der Waals surface area contributed by atoms with Crippen molar-refractivity contribution >= 4 is 21.4 Å². The number of anilines is 2. The van der Waals surface area contributed by atoms with Crippen molar-refractivity contribution in [2.45, 2.75) is 13.5 Å². The molecule has 0 aliphatic rings. The topological polar surface area (TPSA) is 71.3 Å². The second-order valence-corrected chi connectivity index (χ2v) is 6.07. The Morgan fingerprint density at radius 3 is 2.21 bits per heavy atom. The first-order valence-corrected chi connectivity index (χ1v) is 7.68. The molecule has 0 unspecified atom stereocenters. The third-order valence-corrected chi connectivity index (χ3v) is 3.06. The molecule has 1 heterocycles. The van der Waals surface area contributed by atoms with Crippen molar-refractivity contribution in [1.29, 1.82) is 0 Å². The fourth-order valence-electron chi connectivity index (χ4n) is 1.64. The number of nitrogens with one attached hydrogen (secondary N) is 2. The van der Waals surface area contributed by atoms with E-state index < -0.39 is 10.0 Å². The van der Waals surface area contributed by atoms with Gasteiger partial charge < -0.3 is 9.73 Å². The normalized spacial score (nSPS) is 11.3. The Morgan fingerprint density at radius 2 is 1.68 bits per heavy atom. The minimum absolute atomic E-state index is 0.543. The van der Waals surface area contributed by atoms with Gasteiger partial charge in [-0.3, -0.25) is 4.72 Å². The van der Waals surface area contributed by atoms with E-state index in [0.717, 1.165) is 23.5 Å². The average Bonchev–Trinajstić information content (AvgIpc) is 2.72. The Balaban J connectivity index is 1.95. The molecular formula is C13H16N2O3S. The van der Waals surface area contributed by atoms with Crippen LogP contribution in [-0.2, 0) is 16.6 Å². The third kappa shape index (κ3) is 4.33. The highest BCUT2D eigenvalue weighted by Gasteiger charge is 2.02. The molecule has 102 valence electrons. The Bertz CT molecular complexity index is 645. The van der Waals surface area contributed by atoms with Crippen molar-refractivity contribution in [2.24, 2.45) is 0 Å². The highest BCUT2D eigenvalue weighted by Crippen LogP contribution is 2.16. The molecule has 0 spiro atoms. The fourth-order valence-corrected chi connectivity index (χ4v) is 2.20. The molecule has 0 amide bonds. The molecule has 0 bridgehead atoms. The van der Waals surface area contributed by atoms with Crippen LogP contribution in [0.3, 0.4) is 0 Å². The minimum atomic E-state index is -3.23. The lowest BCUT2D eigenvalue weighted by Crippen LogP contribution is -2.09. The summed E-state index contributed by atoms with van der Waals surface area (Å²) >= 11 is 0. The average molecular weight is 280 g/mol. The van der Waals surface area contributed by atoms with E-state index in [2.05, 4.69) is 10.0 Å². The number of benzene rings is 1. The maximum absolute atomic E-state index is 11.1. The number of furan rings is 1. The van der Waals surface area contributed by atoms with Gasteiger partial charge in [0.15, 0.2) is 0 Å². The van der Waals surface area contributed by atoms with Crippen molar-refractivity contribution in [1.82, 2.24) is 0 Å². The van der Waals surface area contributed by atoms with Crippen LogP contribution in [0.2, 0.25) is 0 Å². The van der Waals surface area contributed by atoms with Crippen LogP contribution in [0.25, 0.3) is 0 Å². The zero-order valence-corrected chi connectivity index (χ0v) is 11.6. The zero-order valence-electron chi connectivity index (χ0n) is 10.8. The van der Waals surface area contributed by atoms with Gasteiger partial charge in [-0.25, -0.2) is 8.42 Å². The van der Waals surface area contributed by atoms with Crippen LogP contribution in [0.15, 0.2) is 40.8 Å². The predicted octanol–water partition coefficient (Wildman–Crippen LogP) is 2.57. The molecular weight excluding hydrogens is 264 g/mol. The second-order valence-electron chi connectivity index (χ2n) is 4.32. The van der Waals surface area contributed by atoms with Gasteiger partial charge in [-0.15, -0.1) is 0 Å². The summed E-state index contributed by atoms with van der Waals surface area (Å²) in [4.78, 5) is 0. The molecule has 0 radical (unpaired) electrons. The van der Waals surface area contributed by atoms with Crippen LogP contribution >= 0.6 is 0 Å². The largest absolute Gasteiger partial charge is 0.465 e. The van der Waals surface area contributed by atoms with E-state index in [1.165, 1.54) is 0 Å². The summed E-state index contributed by atoms with van der Waals surface area (Å²) in [5, 5.41) is 3.19. The van der Waals surface area contributed by atoms with Gasteiger partial charge in [0.2, 0.25) is 10.0 Å². The standard InChI is InChI=1S/C13H16N2O3S/c1-10-3-8-13(18-10)9-14-11-4-6-12(7-5-11)15-19(2,16)17/h3-8,14-15H,9H2,1-2H3. The molecule has 1 aromatic heterocycles. The molecule has 1 aromatic carbocycles. The molecule has 0 aliphatic heterocycles. The summed E-state index contributed by atoms with van der Waals surface area (Å²) in [6, 6.07) is 10.9. The second kappa shape index (κ2) is 5.36. The molecule has 19 heavy (non-hydrogen) atoms. The quantitative estimate of drug-likeness (QED) is 0.883. The van der Waals surface area contributed by atoms with Gasteiger partial charge in [0.25, 0.3) is 0 Å². The fraction of sp³-hybridized carbons (Fsp3) is 0.231. The van der Waals surface area contributed by atoms with E-state index in [-0.39, 0.29) is 0 Å². The van der Waals surface area contributed by atoms with Crippen LogP contribution in [0, 0.1) is 6.92 Å². The molecule has 5 nitrogen and oxygen atoms in total. The van der Waals surface area contributed by atoms with Gasteiger partial charge in [-0.2, -0.15) is 0 Å². The van der Waals surface area contributed by atoms with E-state index >= 15 is 0 Å². The maximum Gasteiger partial charge on any atom is 0.229 e. The highest BCUT2D eigenvalue weighted by molar-refractivity contribution is 7.92. The number of hydrogen-bond acceptors (Lipinski definition) is 4. The molecule has 6 heteroatoms. The molecule has 0 saturated heterocycles. The van der Waals surface area contributed by atoms with Crippen molar-refractivity contribution < 1.29 is 12.8 Å². The molecule has 2 aromatic rings. The lowest BCUT2D eigenvalue weighted by Gasteiger charge is -2.07. The Hall–Kier alpha value is -1.95. The van der Waals surface area contributed by atoms with E-state index in [1.807, 2.05) is 31.2 Å². The molecule has 0 aliphatic carbocycles. The van der Waals surface area contributed by atoms with Gasteiger partial charge in [-0.1, -0.05) is 0 Å². The van der Waals surface area contributed by atoms with Crippen LogP contribution < -0.4 is 10.0 Å². The predicted molar refractivity (Wildman–Crippen MR) is 75.7 cm³/mol. The number of rotatable bonds is 5. The van der Waals surface area contributed by atoms with Crippen molar-refractivity contribution in [2.75, 3.05) is 16.3 Å². The molecule has 0 fully saturated rings. The molecule has 0 atom stereocenters. The van der Waals surface area contributed by atoms with E-state index in [9.17, 15) is 8.42 Å². The van der Waals surface area contributed by atoms with Crippen molar-refractivity contribution in [3.05, 3.63) is 47.9 Å². The van der Waals surface area contributed by atoms with Crippen LogP contribution in [0.4, 0.5) is 11.4 Å². The van der Waals surface area contributed by atoms with Crippen LogP contribution in [0.5, 0.6) is 0 Å². The van der Waals surface area contributed by atoms with Gasteiger partial charge >= 0.3 is 0 Å². The van der Waals surface area contributed by atoms with E-state index in [4.69, 9.17) is 4.42 Å². The molecule has 2 N–H and O–H groups in total. The minimum Gasteiger partial charge on any atom is -0.465 e. The summed E-state index contributed by atoms with van der Waals surface area (Å²) in [5.74, 6) is 1.74.